The first kappa shape index (κ1) is 19.1. The van der Waals surface area contributed by atoms with Crippen molar-refractivity contribution in [1.82, 2.24) is 19.6 Å². The fourth-order valence-electron chi connectivity index (χ4n) is 3.24. The highest BCUT2D eigenvalue weighted by Gasteiger charge is 2.32. The van der Waals surface area contributed by atoms with Gasteiger partial charge in [0.1, 0.15) is 0 Å². The molecular formula is C18H29N5O2S. The summed E-state index contributed by atoms with van der Waals surface area (Å²) in [6, 6.07) is 1.54. The number of thioether (sulfide) groups is 1. The predicted molar refractivity (Wildman–Crippen MR) is 106 cm³/mol. The van der Waals surface area contributed by atoms with Gasteiger partial charge in [0.2, 0.25) is 5.91 Å². The standard InChI is InChI=1S/C18H29N5O2S/c1-13(2)11-23-16(25)10-14(20-23)9-15(24)21-5-7-22(8-6-21)17-19-12-18(3,4)26-17/h10,13,20H,5-9,11-12H2,1-4H3. The Labute approximate surface area is 158 Å². The molecule has 0 atom stereocenters. The van der Waals surface area contributed by atoms with Crippen molar-refractivity contribution in [2.75, 3.05) is 32.7 Å². The van der Waals surface area contributed by atoms with Crippen molar-refractivity contribution in [3.8, 4) is 0 Å². The Bertz CT molecular complexity index is 741. The SMILES string of the molecule is CC(C)Cn1[nH]c(CC(=O)N2CCN(C3=NCC(C)(C)S3)CC2)cc1=O. The zero-order chi connectivity index (χ0) is 18.9. The molecule has 0 aliphatic carbocycles. The molecule has 26 heavy (non-hydrogen) atoms. The van der Waals surface area contributed by atoms with Gasteiger partial charge in [-0.2, -0.15) is 0 Å². The van der Waals surface area contributed by atoms with Crippen LogP contribution in [0.25, 0.3) is 0 Å². The maximum Gasteiger partial charge on any atom is 0.266 e. The van der Waals surface area contributed by atoms with Crippen LogP contribution >= 0.6 is 11.8 Å². The van der Waals surface area contributed by atoms with E-state index in [4.69, 9.17) is 0 Å². The molecule has 7 nitrogen and oxygen atoms in total. The number of amidine groups is 1. The maximum atomic E-state index is 12.6. The molecule has 1 N–H and O–H groups in total. The molecule has 0 saturated carbocycles. The number of carbonyl (C=O) groups excluding carboxylic acids is 1. The Morgan fingerprint density at radius 2 is 2.00 bits per heavy atom. The molecule has 1 aromatic heterocycles. The number of aliphatic imine (C=N–C) groups is 1. The van der Waals surface area contributed by atoms with Gasteiger partial charge in [-0.05, 0) is 19.8 Å². The van der Waals surface area contributed by atoms with Gasteiger partial charge < -0.3 is 9.80 Å². The second-order valence-corrected chi connectivity index (χ2v) is 9.80. The summed E-state index contributed by atoms with van der Waals surface area (Å²) in [6.07, 6.45) is 0.253. The molecule has 8 heteroatoms. The highest BCUT2D eigenvalue weighted by atomic mass is 32.2. The highest BCUT2D eigenvalue weighted by molar-refractivity contribution is 8.15. The third-order valence-electron chi connectivity index (χ3n) is 4.60. The molecule has 0 radical (unpaired) electrons. The third-order valence-corrected chi connectivity index (χ3v) is 5.85. The second-order valence-electron chi connectivity index (χ2n) is 8.13. The van der Waals surface area contributed by atoms with Crippen LogP contribution in [-0.2, 0) is 17.8 Å². The van der Waals surface area contributed by atoms with Gasteiger partial charge in [0.15, 0.2) is 5.17 Å². The molecule has 3 heterocycles. The minimum atomic E-state index is -0.0646. The number of rotatable bonds is 4. The van der Waals surface area contributed by atoms with Crippen LogP contribution in [0, 0.1) is 5.92 Å². The summed E-state index contributed by atoms with van der Waals surface area (Å²) >= 11 is 1.83. The molecule has 0 bridgehead atoms. The molecule has 1 saturated heterocycles. The monoisotopic (exact) mass is 379 g/mol. The third kappa shape index (κ3) is 4.52. The van der Waals surface area contributed by atoms with Crippen LogP contribution in [0.2, 0.25) is 0 Å². The van der Waals surface area contributed by atoms with Crippen molar-refractivity contribution in [2.45, 2.75) is 45.4 Å². The minimum absolute atomic E-state index is 0.0646. The van der Waals surface area contributed by atoms with Crippen molar-refractivity contribution in [1.29, 1.82) is 0 Å². The number of carbonyl (C=O) groups is 1. The topological polar surface area (TPSA) is 73.7 Å². The van der Waals surface area contributed by atoms with E-state index >= 15 is 0 Å². The molecule has 2 aliphatic heterocycles. The Kier molecular flexibility index (Phi) is 5.50. The Morgan fingerprint density at radius 3 is 2.58 bits per heavy atom. The van der Waals surface area contributed by atoms with E-state index in [-0.39, 0.29) is 22.6 Å². The molecule has 2 aliphatic rings. The summed E-state index contributed by atoms with van der Waals surface area (Å²) in [5.74, 6) is 0.452. The number of H-pyrrole nitrogens is 1. The van der Waals surface area contributed by atoms with Crippen LogP contribution in [0.15, 0.2) is 15.9 Å². The van der Waals surface area contributed by atoms with Gasteiger partial charge in [0.05, 0.1) is 13.0 Å². The van der Waals surface area contributed by atoms with E-state index in [2.05, 4.69) is 42.7 Å². The van der Waals surface area contributed by atoms with Crippen molar-refractivity contribution in [3.05, 3.63) is 22.1 Å². The number of nitrogens with zero attached hydrogens (tertiary/aromatic N) is 4. The van der Waals surface area contributed by atoms with E-state index in [1.165, 1.54) is 0 Å². The quantitative estimate of drug-likeness (QED) is 0.858. The number of amides is 1. The zero-order valence-electron chi connectivity index (χ0n) is 16.1. The van der Waals surface area contributed by atoms with Crippen molar-refractivity contribution < 1.29 is 4.79 Å². The van der Waals surface area contributed by atoms with Gasteiger partial charge >= 0.3 is 0 Å². The maximum absolute atomic E-state index is 12.6. The van der Waals surface area contributed by atoms with E-state index in [0.717, 1.165) is 24.8 Å². The summed E-state index contributed by atoms with van der Waals surface area (Å²) in [4.78, 5) is 33.4. The molecule has 144 valence electrons. The lowest BCUT2D eigenvalue weighted by molar-refractivity contribution is -0.131. The number of hydrogen-bond donors (Lipinski definition) is 1. The summed E-state index contributed by atoms with van der Waals surface area (Å²) in [7, 11) is 0. The summed E-state index contributed by atoms with van der Waals surface area (Å²) < 4.78 is 1.76. The number of nitrogens with one attached hydrogen (secondary N) is 1. The molecule has 0 spiro atoms. The van der Waals surface area contributed by atoms with Crippen LogP contribution in [0.4, 0.5) is 0 Å². The lowest BCUT2D eigenvalue weighted by atomic mass is 10.2. The summed E-state index contributed by atoms with van der Waals surface area (Å²) in [5, 5.41) is 4.18. The Hall–Kier alpha value is -1.70. The summed E-state index contributed by atoms with van der Waals surface area (Å²) in [6.45, 7) is 13.1. The normalized spacial score (nSPS) is 20.0. The van der Waals surface area contributed by atoms with Gasteiger partial charge in [-0.25, -0.2) is 0 Å². The molecule has 0 unspecified atom stereocenters. The average Bonchev–Trinajstić information content (AvgIpc) is 3.09. The summed E-state index contributed by atoms with van der Waals surface area (Å²) in [5.41, 5.74) is 0.630. The lowest BCUT2D eigenvalue weighted by Crippen LogP contribution is -2.50. The van der Waals surface area contributed by atoms with Gasteiger partial charge in [0, 0.05) is 49.2 Å². The van der Waals surface area contributed by atoms with Crippen LogP contribution in [-0.4, -0.2) is 68.1 Å². The number of hydrogen-bond acceptors (Lipinski definition) is 5. The van der Waals surface area contributed by atoms with Gasteiger partial charge in [0.25, 0.3) is 5.56 Å². The molecule has 1 aromatic rings. The van der Waals surface area contributed by atoms with Crippen LogP contribution in [0.5, 0.6) is 0 Å². The Balaban J connectivity index is 1.52. The van der Waals surface area contributed by atoms with Crippen LogP contribution in [0.1, 0.15) is 33.4 Å². The fourth-order valence-corrected chi connectivity index (χ4v) is 4.30. The first-order valence-electron chi connectivity index (χ1n) is 9.28. The molecule has 3 rings (SSSR count). The van der Waals surface area contributed by atoms with Crippen LogP contribution in [0.3, 0.4) is 0 Å². The first-order chi connectivity index (χ1) is 12.2. The van der Waals surface area contributed by atoms with E-state index in [9.17, 15) is 9.59 Å². The fraction of sp³-hybridized carbons (Fsp3) is 0.722. The average molecular weight is 380 g/mol. The smallest absolute Gasteiger partial charge is 0.266 e. The predicted octanol–water partition coefficient (Wildman–Crippen LogP) is 1.40. The van der Waals surface area contributed by atoms with Crippen molar-refractivity contribution in [3.63, 3.8) is 0 Å². The minimum Gasteiger partial charge on any atom is -0.348 e. The number of aromatic nitrogens is 2. The van der Waals surface area contributed by atoms with E-state index in [1.54, 1.807) is 10.7 Å². The number of aromatic amines is 1. The molecule has 1 amide bonds. The lowest BCUT2D eigenvalue weighted by Gasteiger charge is -2.36. The Morgan fingerprint density at radius 1 is 1.31 bits per heavy atom. The van der Waals surface area contributed by atoms with Crippen molar-refractivity contribution >= 4 is 22.8 Å². The van der Waals surface area contributed by atoms with E-state index in [0.29, 0.717) is 31.2 Å². The second kappa shape index (κ2) is 7.50. The largest absolute Gasteiger partial charge is 0.348 e. The van der Waals surface area contributed by atoms with E-state index in [1.807, 2.05) is 16.7 Å². The molecule has 0 aromatic carbocycles. The molecular weight excluding hydrogens is 350 g/mol. The molecule has 1 fully saturated rings. The zero-order valence-corrected chi connectivity index (χ0v) is 16.9. The highest BCUT2D eigenvalue weighted by Crippen LogP contribution is 2.33. The van der Waals surface area contributed by atoms with Gasteiger partial charge in [-0.15, -0.1) is 0 Å². The van der Waals surface area contributed by atoms with E-state index < -0.39 is 0 Å². The van der Waals surface area contributed by atoms with Gasteiger partial charge in [-0.3, -0.25) is 24.4 Å². The van der Waals surface area contributed by atoms with Crippen molar-refractivity contribution in [2.24, 2.45) is 10.9 Å². The van der Waals surface area contributed by atoms with Crippen LogP contribution < -0.4 is 5.56 Å². The number of piperazine rings is 1. The van der Waals surface area contributed by atoms with Gasteiger partial charge in [-0.1, -0.05) is 25.6 Å². The first-order valence-corrected chi connectivity index (χ1v) is 10.1.